The molecule has 2 heterocycles. The molecule has 0 spiro atoms. The van der Waals surface area contributed by atoms with Crippen molar-refractivity contribution in [1.29, 1.82) is 0 Å². The summed E-state index contributed by atoms with van der Waals surface area (Å²) in [7, 11) is 3.19. The van der Waals surface area contributed by atoms with Crippen LogP contribution in [0.4, 0.5) is 0 Å². The summed E-state index contributed by atoms with van der Waals surface area (Å²) in [6, 6.07) is 14.4. The van der Waals surface area contributed by atoms with Gasteiger partial charge in [0.1, 0.15) is 18.1 Å². The number of esters is 1. The first kappa shape index (κ1) is 25.9. The Bertz CT molecular complexity index is 1320. The standard InChI is InChI=1S/C29H31N3O5S/c1-18-26(28(34)37-16-20-7-5-4-6-8-20)27(23-14-22(35-2)11-12-24(23)36-3)32-21(17-38-29(32)31-18)13-25(33)30-15-19-9-10-19/h4-8,11-12,14,17,19,27H,9-10,13,15-16H2,1-3H3,(H,30,33). The van der Waals surface area contributed by atoms with E-state index in [4.69, 9.17) is 19.2 Å². The maximum Gasteiger partial charge on any atom is 0.338 e. The van der Waals surface area contributed by atoms with Gasteiger partial charge in [0, 0.05) is 17.8 Å². The van der Waals surface area contributed by atoms with Crippen molar-refractivity contribution in [2.75, 3.05) is 20.8 Å². The molecule has 0 bridgehead atoms. The summed E-state index contributed by atoms with van der Waals surface area (Å²) in [5.41, 5.74) is 3.32. The predicted molar refractivity (Wildman–Crippen MR) is 147 cm³/mol. The summed E-state index contributed by atoms with van der Waals surface area (Å²) in [5.74, 6) is 1.27. The molecule has 8 nitrogen and oxygen atoms in total. The van der Waals surface area contributed by atoms with Crippen LogP contribution in [0.15, 0.2) is 75.9 Å². The summed E-state index contributed by atoms with van der Waals surface area (Å²) in [4.78, 5) is 33.2. The predicted octanol–water partition coefficient (Wildman–Crippen LogP) is 4.94. The first-order valence-electron chi connectivity index (χ1n) is 12.6. The van der Waals surface area contributed by atoms with Crippen molar-refractivity contribution >= 4 is 28.8 Å². The van der Waals surface area contributed by atoms with Gasteiger partial charge in [-0.15, -0.1) is 0 Å². The number of amides is 1. The molecule has 1 fully saturated rings. The minimum absolute atomic E-state index is 0.0548. The molecule has 198 valence electrons. The Balaban J connectivity index is 1.50. The maximum atomic E-state index is 13.7. The van der Waals surface area contributed by atoms with E-state index in [0.717, 1.165) is 29.7 Å². The van der Waals surface area contributed by atoms with E-state index in [9.17, 15) is 9.59 Å². The second-order valence-corrected chi connectivity index (χ2v) is 10.3. The van der Waals surface area contributed by atoms with Crippen LogP contribution in [0.2, 0.25) is 0 Å². The molecule has 2 aromatic carbocycles. The summed E-state index contributed by atoms with van der Waals surface area (Å²) >= 11 is 1.44. The number of thioether (sulfide) groups is 1. The molecule has 0 radical (unpaired) electrons. The zero-order chi connectivity index (χ0) is 26.6. The quantitative estimate of drug-likeness (QED) is 0.433. The van der Waals surface area contributed by atoms with E-state index < -0.39 is 12.0 Å². The average Bonchev–Trinajstić information content (AvgIpc) is 3.70. The number of carbonyl (C=O) groups is 2. The zero-order valence-electron chi connectivity index (χ0n) is 21.7. The van der Waals surface area contributed by atoms with Crippen LogP contribution in [-0.4, -0.2) is 42.7 Å². The number of hydrogen-bond acceptors (Lipinski definition) is 8. The molecule has 0 saturated heterocycles. The van der Waals surface area contributed by atoms with E-state index in [1.165, 1.54) is 11.8 Å². The molecule has 2 aliphatic heterocycles. The second kappa shape index (κ2) is 11.3. The molecule has 5 rings (SSSR count). The Morgan fingerprint density at radius 2 is 1.89 bits per heavy atom. The molecule has 9 heteroatoms. The van der Waals surface area contributed by atoms with Gasteiger partial charge >= 0.3 is 5.97 Å². The highest BCUT2D eigenvalue weighted by molar-refractivity contribution is 8.16. The van der Waals surface area contributed by atoms with Crippen LogP contribution in [0, 0.1) is 5.92 Å². The van der Waals surface area contributed by atoms with Gasteiger partial charge in [0.25, 0.3) is 0 Å². The first-order chi connectivity index (χ1) is 18.5. The van der Waals surface area contributed by atoms with Crippen LogP contribution in [-0.2, 0) is 20.9 Å². The van der Waals surface area contributed by atoms with E-state index in [1.54, 1.807) is 14.2 Å². The fraction of sp³-hybridized carbons (Fsp3) is 0.345. The number of aliphatic imine (C=N–C) groups is 1. The lowest BCUT2D eigenvalue weighted by Crippen LogP contribution is -2.38. The van der Waals surface area contributed by atoms with Crippen LogP contribution < -0.4 is 14.8 Å². The van der Waals surface area contributed by atoms with Crippen molar-refractivity contribution in [3.05, 3.63) is 82.0 Å². The summed E-state index contributed by atoms with van der Waals surface area (Å²) < 4.78 is 17.0. The highest BCUT2D eigenvalue weighted by Gasteiger charge is 2.42. The Morgan fingerprint density at radius 1 is 1.11 bits per heavy atom. The molecule has 1 N–H and O–H groups in total. The molecular weight excluding hydrogens is 502 g/mol. The third-order valence-corrected chi connectivity index (χ3v) is 7.68. The van der Waals surface area contributed by atoms with Crippen molar-refractivity contribution in [2.45, 2.75) is 38.8 Å². The number of nitrogens with one attached hydrogen (secondary N) is 1. The average molecular weight is 534 g/mol. The van der Waals surface area contributed by atoms with Gasteiger partial charge in [0.15, 0.2) is 5.17 Å². The van der Waals surface area contributed by atoms with Crippen LogP contribution in [0.3, 0.4) is 0 Å². The highest BCUT2D eigenvalue weighted by atomic mass is 32.2. The minimum atomic E-state index is -0.617. The van der Waals surface area contributed by atoms with Crippen LogP contribution in [0.5, 0.6) is 11.5 Å². The van der Waals surface area contributed by atoms with E-state index in [0.29, 0.717) is 40.4 Å². The molecule has 38 heavy (non-hydrogen) atoms. The second-order valence-electron chi connectivity index (χ2n) is 9.49. The Kier molecular flexibility index (Phi) is 7.74. The summed E-state index contributed by atoms with van der Waals surface area (Å²) in [5, 5.41) is 5.67. The number of rotatable bonds is 10. The van der Waals surface area contributed by atoms with E-state index >= 15 is 0 Å². The van der Waals surface area contributed by atoms with Crippen LogP contribution in [0.1, 0.15) is 43.4 Å². The van der Waals surface area contributed by atoms with Gasteiger partial charge in [-0.05, 0) is 54.9 Å². The monoisotopic (exact) mass is 533 g/mol. The Labute approximate surface area is 226 Å². The lowest BCUT2D eigenvalue weighted by molar-refractivity contribution is -0.141. The van der Waals surface area contributed by atoms with Gasteiger partial charge in [-0.25, -0.2) is 9.79 Å². The normalized spacial score (nSPS) is 18.4. The number of fused-ring (bicyclic) bond motifs is 1. The van der Waals surface area contributed by atoms with Crippen molar-refractivity contribution < 1.29 is 23.8 Å². The maximum absolute atomic E-state index is 13.7. The van der Waals surface area contributed by atoms with Gasteiger partial charge in [-0.2, -0.15) is 0 Å². The van der Waals surface area contributed by atoms with Gasteiger partial charge in [0.05, 0.1) is 38.0 Å². The topological polar surface area (TPSA) is 89.5 Å². The van der Waals surface area contributed by atoms with Crippen molar-refractivity contribution in [3.8, 4) is 11.5 Å². The number of ether oxygens (including phenoxy) is 3. The molecule has 3 aliphatic rings. The van der Waals surface area contributed by atoms with E-state index in [-0.39, 0.29) is 18.9 Å². The molecule has 1 unspecified atom stereocenters. The molecule has 1 saturated carbocycles. The number of hydrogen-bond donors (Lipinski definition) is 1. The van der Waals surface area contributed by atoms with Crippen molar-refractivity contribution in [2.24, 2.45) is 10.9 Å². The van der Waals surface area contributed by atoms with Crippen LogP contribution >= 0.6 is 11.8 Å². The molecule has 1 aliphatic carbocycles. The number of benzene rings is 2. The number of methoxy groups -OCH3 is 2. The molecular formula is C29H31N3O5S. The minimum Gasteiger partial charge on any atom is -0.497 e. The summed E-state index contributed by atoms with van der Waals surface area (Å²) in [6.07, 6.45) is 2.50. The molecule has 0 aromatic heterocycles. The molecule has 1 amide bonds. The first-order valence-corrected chi connectivity index (χ1v) is 13.5. The summed E-state index contributed by atoms with van der Waals surface area (Å²) in [6.45, 7) is 2.64. The fourth-order valence-corrected chi connectivity index (χ4v) is 5.55. The fourth-order valence-electron chi connectivity index (χ4n) is 4.59. The lowest BCUT2D eigenvalue weighted by atomic mass is 9.92. The SMILES string of the molecule is COc1ccc(OC)c(C2C(C(=O)OCc3ccccc3)=C(C)N=C3SC=C(CC(=O)NCC4CC4)N32)c1. The number of nitrogens with zero attached hydrogens (tertiary/aromatic N) is 2. The number of carbonyl (C=O) groups excluding carboxylic acids is 2. The van der Waals surface area contributed by atoms with Gasteiger partial charge in [0.2, 0.25) is 5.91 Å². The van der Waals surface area contributed by atoms with Gasteiger partial charge < -0.3 is 24.4 Å². The zero-order valence-corrected chi connectivity index (χ0v) is 22.5. The largest absolute Gasteiger partial charge is 0.497 e. The molecule has 2 aromatic rings. The Hall–Kier alpha value is -3.72. The molecule has 1 atom stereocenters. The van der Waals surface area contributed by atoms with Crippen molar-refractivity contribution in [3.63, 3.8) is 0 Å². The number of allylic oxidation sites excluding steroid dienone is 1. The van der Waals surface area contributed by atoms with Crippen LogP contribution in [0.25, 0.3) is 0 Å². The highest BCUT2D eigenvalue weighted by Crippen LogP contribution is 2.47. The lowest BCUT2D eigenvalue weighted by Gasteiger charge is -2.37. The van der Waals surface area contributed by atoms with E-state index in [2.05, 4.69) is 5.32 Å². The van der Waals surface area contributed by atoms with Gasteiger partial charge in [-0.1, -0.05) is 42.1 Å². The van der Waals surface area contributed by atoms with E-state index in [1.807, 2.05) is 65.8 Å². The van der Waals surface area contributed by atoms with Crippen molar-refractivity contribution in [1.82, 2.24) is 10.2 Å². The Morgan fingerprint density at radius 3 is 2.61 bits per heavy atom. The smallest absolute Gasteiger partial charge is 0.338 e. The van der Waals surface area contributed by atoms with Gasteiger partial charge in [-0.3, -0.25) is 4.79 Å². The third kappa shape index (κ3) is 5.57. The third-order valence-electron chi connectivity index (χ3n) is 6.79. The number of amidine groups is 1.